The summed E-state index contributed by atoms with van der Waals surface area (Å²) >= 11 is 4.82. The maximum absolute atomic E-state index is 12.3. The second-order valence-corrected chi connectivity index (χ2v) is 6.97. The number of ketones is 1. The maximum atomic E-state index is 12.3. The van der Waals surface area contributed by atoms with Gasteiger partial charge in [-0.2, -0.15) is 0 Å². The van der Waals surface area contributed by atoms with Crippen LogP contribution in [-0.4, -0.2) is 32.8 Å². The number of carbonyl (C=O) groups is 2. The van der Waals surface area contributed by atoms with E-state index in [0.717, 1.165) is 14.6 Å². The monoisotopic (exact) mass is 400 g/mol. The summed E-state index contributed by atoms with van der Waals surface area (Å²) in [6.45, 7) is 1.84. The lowest BCUT2D eigenvalue weighted by Crippen LogP contribution is -2.16. The van der Waals surface area contributed by atoms with Crippen molar-refractivity contribution in [3.8, 4) is 5.75 Å². The molecular weight excluding hydrogens is 384 g/mol. The number of benzene rings is 1. The van der Waals surface area contributed by atoms with Gasteiger partial charge in [-0.05, 0) is 39.5 Å². The lowest BCUT2D eigenvalue weighted by Gasteiger charge is -2.06. The Kier molecular flexibility index (Phi) is 6.15. The molecule has 0 aliphatic carbocycles. The van der Waals surface area contributed by atoms with E-state index in [2.05, 4.69) is 20.7 Å². The molecule has 23 heavy (non-hydrogen) atoms. The highest BCUT2D eigenvalue weighted by molar-refractivity contribution is 9.10. The van der Waals surface area contributed by atoms with Crippen molar-refractivity contribution >= 4 is 49.1 Å². The summed E-state index contributed by atoms with van der Waals surface area (Å²) < 4.78 is 16.7. The molecule has 7 heteroatoms. The Bertz CT molecular complexity index is 725. The van der Waals surface area contributed by atoms with Crippen molar-refractivity contribution in [2.24, 2.45) is 5.92 Å². The molecule has 0 aliphatic heterocycles. The Hall–Kier alpha value is -1.44. The minimum atomic E-state index is -0.454. The van der Waals surface area contributed by atoms with E-state index in [-0.39, 0.29) is 25.0 Å². The Morgan fingerprint density at radius 2 is 2.00 bits per heavy atom. The largest absolute Gasteiger partial charge is 0.469 e. The first-order valence-corrected chi connectivity index (χ1v) is 8.53. The predicted molar refractivity (Wildman–Crippen MR) is 92.2 cm³/mol. The van der Waals surface area contributed by atoms with Crippen LogP contribution in [0.5, 0.6) is 5.75 Å². The fourth-order valence-corrected chi connectivity index (χ4v) is 3.57. The number of hydrogen-bond acceptors (Lipinski definition) is 6. The average molecular weight is 401 g/mol. The lowest BCUT2D eigenvalue weighted by atomic mass is 10.0. The topological polar surface area (TPSA) is 61.8 Å². The van der Waals surface area contributed by atoms with Gasteiger partial charge in [0.2, 0.25) is 0 Å². The third-order valence-corrected chi connectivity index (χ3v) is 5.03. The molecule has 0 spiro atoms. The molecule has 0 N–H and O–H groups in total. The molecule has 1 aromatic carbocycles. The van der Waals surface area contributed by atoms with Crippen LogP contribution in [0.25, 0.3) is 10.1 Å². The Balaban J connectivity index is 2.22. The second kappa shape index (κ2) is 7.90. The minimum Gasteiger partial charge on any atom is -0.469 e. The zero-order valence-electron chi connectivity index (χ0n) is 13.1. The number of esters is 1. The quantitative estimate of drug-likeness (QED) is 0.398. The van der Waals surface area contributed by atoms with E-state index in [9.17, 15) is 9.59 Å². The van der Waals surface area contributed by atoms with Gasteiger partial charge in [0.05, 0.1) is 22.4 Å². The molecule has 1 aromatic heterocycles. The number of ether oxygens (including phenoxy) is 3. The Morgan fingerprint density at radius 3 is 2.65 bits per heavy atom. The smallest absolute Gasteiger partial charge is 0.308 e. The van der Waals surface area contributed by atoms with E-state index in [4.69, 9.17) is 9.47 Å². The first-order chi connectivity index (χ1) is 11.0. The fraction of sp³-hybridized carbons (Fsp3) is 0.375. The summed E-state index contributed by atoms with van der Waals surface area (Å²) in [5.74, 6) is -0.245. The van der Waals surface area contributed by atoms with Gasteiger partial charge in [0, 0.05) is 18.2 Å². The van der Waals surface area contributed by atoms with Crippen LogP contribution in [0.1, 0.15) is 23.0 Å². The molecule has 0 saturated heterocycles. The molecule has 0 unspecified atom stereocenters. The highest BCUT2D eigenvalue weighted by Gasteiger charge is 2.20. The van der Waals surface area contributed by atoms with E-state index in [1.165, 1.54) is 18.4 Å². The van der Waals surface area contributed by atoms with Crippen molar-refractivity contribution in [3.63, 3.8) is 0 Å². The molecule has 2 aromatic rings. The lowest BCUT2D eigenvalue weighted by molar-refractivity contribution is -0.144. The molecule has 1 atom stereocenters. The number of halogens is 1. The fourth-order valence-electron chi connectivity index (χ4n) is 2.07. The van der Waals surface area contributed by atoms with Crippen molar-refractivity contribution in [2.75, 3.05) is 21.0 Å². The molecule has 0 radical (unpaired) electrons. The van der Waals surface area contributed by atoms with Crippen LogP contribution in [0.3, 0.4) is 0 Å². The molecule has 1 heterocycles. The maximum Gasteiger partial charge on any atom is 0.308 e. The summed E-state index contributed by atoms with van der Waals surface area (Å²) in [6.07, 6.45) is 0.133. The van der Waals surface area contributed by atoms with E-state index in [1.54, 1.807) is 14.0 Å². The van der Waals surface area contributed by atoms with Crippen LogP contribution < -0.4 is 4.74 Å². The Morgan fingerprint density at radius 1 is 1.26 bits per heavy atom. The molecule has 0 amide bonds. The van der Waals surface area contributed by atoms with Crippen LogP contribution in [0.2, 0.25) is 0 Å². The number of thiophene rings is 1. The van der Waals surface area contributed by atoms with E-state index in [1.807, 2.05) is 18.2 Å². The van der Waals surface area contributed by atoms with Gasteiger partial charge in [-0.25, -0.2) is 0 Å². The zero-order chi connectivity index (χ0) is 17.0. The van der Waals surface area contributed by atoms with Crippen LogP contribution >= 0.6 is 27.3 Å². The summed E-state index contributed by atoms with van der Waals surface area (Å²) in [4.78, 5) is 24.4. The van der Waals surface area contributed by atoms with Gasteiger partial charge in [0.1, 0.15) is 5.75 Å². The normalized spacial score (nSPS) is 12.2. The summed E-state index contributed by atoms with van der Waals surface area (Å²) in [5.41, 5.74) is 0. The number of rotatable bonds is 7. The van der Waals surface area contributed by atoms with E-state index in [0.29, 0.717) is 10.6 Å². The molecule has 5 nitrogen and oxygen atoms in total. The standard InChI is InChI=1S/C16H17BrO5S/c1-9(16(19)21-3)4-12(18)15-6-10-5-11(17)13(22-8-20-2)7-14(10)23-15/h5-7,9H,4,8H2,1-3H3/t9-/m0/s1. The molecule has 2 rings (SSSR count). The SMILES string of the molecule is COCOc1cc2sc(C(=O)C[C@H](C)C(=O)OC)cc2cc1Br. The highest BCUT2D eigenvalue weighted by Crippen LogP contribution is 2.35. The van der Waals surface area contributed by atoms with Crippen LogP contribution in [0, 0.1) is 5.92 Å². The van der Waals surface area contributed by atoms with Gasteiger partial charge >= 0.3 is 5.97 Å². The first kappa shape index (κ1) is 17.9. The minimum absolute atomic E-state index is 0.0698. The highest BCUT2D eigenvalue weighted by atomic mass is 79.9. The van der Waals surface area contributed by atoms with Crippen LogP contribution in [0.15, 0.2) is 22.7 Å². The molecule has 0 saturated carbocycles. The van der Waals surface area contributed by atoms with Crippen molar-refractivity contribution in [2.45, 2.75) is 13.3 Å². The number of carbonyl (C=O) groups excluding carboxylic acids is 2. The van der Waals surface area contributed by atoms with Gasteiger partial charge in [0.25, 0.3) is 0 Å². The van der Waals surface area contributed by atoms with Gasteiger partial charge in [-0.3, -0.25) is 9.59 Å². The summed E-state index contributed by atoms with van der Waals surface area (Å²) in [5, 5.41) is 0.945. The third kappa shape index (κ3) is 4.31. The van der Waals surface area contributed by atoms with Crippen LogP contribution in [0.4, 0.5) is 0 Å². The second-order valence-electron chi connectivity index (χ2n) is 5.03. The van der Waals surface area contributed by atoms with Crippen molar-refractivity contribution in [3.05, 3.63) is 27.5 Å². The number of fused-ring (bicyclic) bond motifs is 1. The molecule has 0 fully saturated rings. The summed E-state index contributed by atoms with van der Waals surface area (Å²) in [7, 11) is 2.87. The molecule has 124 valence electrons. The number of Topliss-reactive ketones (excluding diaryl/α,β-unsaturated/α-hetero) is 1. The van der Waals surface area contributed by atoms with E-state index < -0.39 is 5.92 Å². The molecular formula is C16H17BrO5S. The van der Waals surface area contributed by atoms with Gasteiger partial charge < -0.3 is 14.2 Å². The van der Waals surface area contributed by atoms with E-state index >= 15 is 0 Å². The number of methoxy groups -OCH3 is 2. The Labute approximate surface area is 146 Å². The van der Waals surface area contributed by atoms with Gasteiger partial charge in [0.15, 0.2) is 12.6 Å². The predicted octanol–water partition coefficient (Wildman–Crippen LogP) is 4.03. The molecule has 0 bridgehead atoms. The third-order valence-electron chi connectivity index (χ3n) is 3.27. The van der Waals surface area contributed by atoms with Gasteiger partial charge in [-0.1, -0.05) is 6.92 Å². The first-order valence-electron chi connectivity index (χ1n) is 6.92. The molecule has 0 aliphatic rings. The summed E-state index contributed by atoms with van der Waals surface area (Å²) in [6, 6.07) is 5.60. The zero-order valence-corrected chi connectivity index (χ0v) is 15.5. The number of hydrogen-bond donors (Lipinski definition) is 0. The van der Waals surface area contributed by atoms with Crippen molar-refractivity contribution < 1.29 is 23.8 Å². The van der Waals surface area contributed by atoms with Crippen molar-refractivity contribution in [1.82, 2.24) is 0 Å². The van der Waals surface area contributed by atoms with Gasteiger partial charge in [-0.15, -0.1) is 11.3 Å². The van der Waals surface area contributed by atoms with Crippen molar-refractivity contribution in [1.29, 1.82) is 0 Å². The average Bonchev–Trinajstić information content (AvgIpc) is 2.94. The van der Waals surface area contributed by atoms with Crippen LogP contribution in [-0.2, 0) is 14.3 Å².